The van der Waals surface area contributed by atoms with Gasteiger partial charge in [0.2, 0.25) is 0 Å². The molecule has 0 saturated heterocycles. The van der Waals surface area contributed by atoms with Crippen molar-refractivity contribution in [1.82, 2.24) is 10.3 Å². The SMILES string of the molecule is N#Cc1ccc(CNC2CCCc3c2[nH]c2ccccc32)cc1. The van der Waals surface area contributed by atoms with Gasteiger partial charge in [0, 0.05) is 29.2 Å². The van der Waals surface area contributed by atoms with E-state index in [1.807, 2.05) is 24.3 Å². The molecule has 3 heteroatoms. The molecule has 2 aromatic carbocycles. The van der Waals surface area contributed by atoms with Crippen molar-refractivity contribution >= 4 is 10.9 Å². The molecule has 0 fully saturated rings. The van der Waals surface area contributed by atoms with Crippen LogP contribution in [-0.4, -0.2) is 4.98 Å². The van der Waals surface area contributed by atoms with E-state index in [0.29, 0.717) is 11.6 Å². The van der Waals surface area contributed by atoms with Gasteiger partial charge in [0.1, 0.15) is 0 Å². The first-order valence-electron chi connectivity index (χ1n) is 8.17. The third-order valence-electron chi connectivity index (χ3n) is 4.75. The zero-order valence-corrected chi connectivity index (χ0v) is 13.0. The van der Waals surface area contributed by atoms with Gasteiger partial charge in [0.25, 0.3) is 0 Å². The number of hydrogen-bond acceptors (Lipinski definition) is 2. The van der Waals surface area contributed by atoms with Gasteiger partial charge in [0.15, 0.2) is 0 Å². The number of para-hydroxylation sites is 1. The number of nitrogens with zero attached hydrogens (tertiary/aromatic N) is 1. The van der Waals surface area contributed by atoms with Crippen molar-refractivity contribution in [3.05, 3.63) is 70.9 Å². The van der Waals surface area contributed by atoms with Crippen LogP contribution in [-0.2, 0) is 13.0 Å². The van der Waals surface area contributed by atoms with Gasteiger partial charge in [0.05, 0.1) is 11.6 Å². The number of fused-ring (bicyclic) bond motifs is 3. The van der Waals surface area contributed by atoms with E-state index in [1.165, 1.54) is 34.1 Å². The van der Waals surface area contributed by atoms with Crippen molar-refractivity contribution < 1.29 is 0 Å². The monoisotopic (exact) mass is 301 g/mol. The van der Waals surface area contributed by atoms with Crippen molar-refractivity contribution in [2.45, 2.75) is 31.8 Å². The van der Waals surface area contributed by atoms with Crippen molar-refractivity contribution in [2.24, 2.45) is 0 Å². The molecule has 3 aromatic rings. The second kappa shape index (κ2) is 5.91. The Balaban J connectivity index is 1.56. The summed E-state index contributed by atoms with van der Waals surface area (Å²) >= 11 is 0. The lowest BCUT2D eigenvalue weighted by Crippen LogP contribution is -2.24. The first kappa shape index (κ1) is 14.0. The molecule has 1 unspecified atom stereocenters. The Morgan fingerprint density at radius 2 is 1.96 bits per heavy atom. The van der Waals surface area contributed by atoms with Crippen LogP contribution in [0.5, 0.6) is 0 Å². The van der Waals surface area contributed by atoms with Crippen LogP contribution < -0.4 is 5.32 Å². The van der Waals surface area contributed by atoms with Gasteiger partial charge < -0.3 is 10.3 Å². The maximum absolute atomic E-state index is 8.87. The molecule has 23 heavy (non-hydrogen) atoms. The van der Waals surface area contributed by atoms with Crippen LogP contribution in [0.2, 0.25) is 0 Å². The molecule has 2 N–H and O–H groups in total. The van der Waals surface area contributed by atoms with E-state index in [0.717, 1.165) is 19.4 Å². The molecule has 1 atom stereocenters. The summed E-state index contributed by atoms with van der Waals surface area (Å²) in [5.41, 5.74) is 6.00. The summed E-state index contributed by atoms with van der Waals surface area (Å²) in [6.07, 6.45) is 3.55. The molecule has 0 saturated carbocycles. The Hall–Kier alpha value is -2.57. The summed E-state index contributed by atoms with van der Waals surface area (Å²) in [6.45, 7) is 0.825. The van der Waals surface area contributed by atoms with Gasteiger partial charge in [-0.15, -0.1) is 0 Å². The van der Waals surface area contributed by atoms with Crippen molar-refractivity contribution in [3.63, 3.8) is 0 Å². The second-order valence-corrected chi connectivity index (χ2v) is 6.20. The number of aromatic nitrogens is 1. The molecule has 1 aromatic heterocycles. The minimum Gasteiger partial charge on any atom is -0.357 e. The zero-order chi connectivity index (χ0) is 15.6. The molecule has 4 rings (SSSR count). The molecule has 0 radical (unpaired) electrons. The van der Waals surface area contributed by atoms with Crippen LogP contribution in [0.1, 0.15) is 41.3 Å². The third kappa shape index (κ3) is 2.62. The molecule has 1 aliphatic rings. The van der Waals surface area contributed by atoms with E-state index in [2.05, 4.69) is 40.6 Å². The molecular weight excluding hydrogens is 282 g/mol. The minimum absolute atomic E-state index is 0.377. The Kier molecular flexibility index (Phi) is 3.61. The van der Waals surface area contributed by atoms with Crippen molar-refractivity contribution in [1.29, 1.82) is 5.26 Å². The third-order valence-corrected chi connectivity index (χ3v) is 4.75. The highest BCUT2D eigenvalue weighted by molar-refractivity contribution is 5.85. The average Bonchev–Trinajstić information content (AvgIpc) is 3.00. The minimum atomic E-state index is 0.377. The number of nitrogens with one attached hydrogen (secondary N) is 2. The number of aryl methyl sites for hydroxylation is 1. The Morgan fingerprint density at radius 1 is 1.13 bits per heavy atom. The predicted molar refractivity (Wildman–Crippen MR) is 92.0 cm³/mol. The first-order chi connectivity index (χ1) is 11.3. The number of nitriles is 1. The molecule has 1 aliphatic carbocycles. The highest BCUT2D eigenvalue weighted by Gasteiger charge is 2.23. The van der Waals surface area contributed by atoms with E-state index in [-0.39, 0.29) is 0 Å². The number of H-pyrrole nitrogens is 1. The van der Waals surface area contributed by atoms with Crippen LogP contribution in [0.15, 0.2) is 48.5 Å². The highest BCUT2D eigenvalue weighted by Crippen LogP contribution is 2.34. The van der Waals surface area contributed by atoms with Crippen LogP contribution in [0, 0.1) is 11.3 Å². The number of hydrogen-bond donors (Lipinski definition) is 2. The van der Waals surface area contributed by atoms with E-state index >= 15 is 0 Å². The Morgan fingerprint density at radius 3 is 2.78 bits per heavy atom. The topological polar surface area (TPSA) is 51.6 Å². The maximum atomic E-state index is 8.87. The summed E-state index contributed by atoms with van der Waals surface area (Å²) in [4.78, 5) is 3.62. The molecule has 0 aliphatic heterocycles. The summed E-state index contributed by atoms with van der Waals surface area (Å²) in [6, 6.07) is 18.9. The van der Waals surface area contributed by atoms with E-state index in [4.69, 9.17) is 5.26 Å². The van der Waals surface area contributed by atoms with Crippen molar-refractivity contribution in [2.75, 3.05) is 0 Å². The Bertz CT molecular complexity index is 868. The van der Waals surface area contributed by atoms with E-state index < -0.39 is 0 Å². The van der Waals surface area contributed by atoms with Crippen LogP contribution in [0.4, 0.5) is 0 Å². The predicted octanol–water partition coefficient (Wildman–Crippen LogP) is 4.21. The molecule has 114 valence electrons. The largest absolute Gasteiger partial charge is 0.357 e. The molecular formula is C20H19N3. The smallest absolute Gasteiger partial charge is 0.0991 e. The summed E-state index contributed by atoms with van der Waals surface area (Å²) in [7, 11) is 0. The van der Waals surface area contributed by atoms with Gasteiger partial charge in [-0.25, -0.2) is 0 Å². The van der Waals surface area contributed by atoms with Gasteiger partial charge in [-0.2, -0.15) is 5.26 Å². The van der Waals surface area contributed by atoms with Gasteiger partial charge in [-0.1, -0.05) is 30.3 Å². The molecule has 0 bridgehead atoms. The number of aromatic amines is 1. The van der Waals surface area contributed by atoms with Gasteiger partial charge in [-0.05, 0) is 48.6 Å². The summed E-state index contributed by atoms with van der Waals surface area (Å²) < 4.78 is 0. The molecule has 1 heterocycles. The number of rotatable bonds is 3. The summed E-state index contributed by atoms with van der Waals surface area (Å²) in [5, 5.41) is 13.9. The lowest BCUT2D eigenvalue weighted by molar-refractivity contribution is 0.452. The van der Waals surface area contributed by atoms with Gasteiger partial charge in [-0.3, -0.25) is 0 Å². The fourth-order valence-electron chi connectivity index (χ4n) is 3.56. The highest BCUT2D eigenvalue weighted by atomic mass is 14.9. The van der Waals surface area contributed by atoms with E-state index in [9.17, 15) is 0 Å². The maximum Gasteiger partial charge on any atom is 0.0991 e. The first-order valence-corrected chi connectivity index (χ1v) is 8.17. The fourth-order valence-corrected chi connectivity index (χ4v) is 3.56. The summed E-state index contributed by atoms with van der Waals surface area (Å²) in [5.74, 6) is 0. The standard InChI is InChI=1S/C20H19N3/c21-12-14-8-10-15(11-9-14)13-22-19-7-3-5-17-16-4-1-2-6-18(16)23-20(17)19/h1-2,4,6,8-11,19,22-23H,3,5,7,13H2. The van der Waals surface area contributed by atoms with Crippen LogP contribution in [0.25, 0.3) is 10.9 Å². The molecule has 3 nitrogen and oxygen atoms in total. The Labute approximate surface area is 136 Å². The normalized spacial score (nSPS) is 16.9. The van der Waals surface area contributed by atoms with Crippen LogP contribution in [0.3, 0.4) is 0 Å². The molecule has 0 amide bonds. The van der Waals surface area contributed by atoms with Crippen LogP contribution >= 0.6 is 0 Å². The lowest BCUT2D eigenvalue weighted by Gasteiger charge is -2.24. The number of benzene rings is 2. The lowest BCUT2D eigenvalue weighted by atomic mass is 9.91. The molecule has 0 spiro atoms. The van der Waals surface area contributed by atoms with Gasteiger partial charge >= 0.3 is 0 Å². The fraction of sp³-hybridized carbons (Fsp3) is 0.250. The van der Waals surface area contributed by atoms with Crippen molar-refractivity contribution in [3.8, 4) is 6.07 Å². The zero-order valence-electron chi connectivity index (χ0n) is 13.0. The second-order valence-electron chi connectivity index (χ2n) is 6.20. The quantitative estimate of drug-likeness (QED) is 0.761. The van der Waals surface area contributed by atoms with E-state index in [1.54, 1.807) is 0 Å². The average molecular weight is 301 g/mol.